The summed E-state index contributed by atoms with van der Waals surface area (Å²) in [5, 5.41) is 8.44. The maximum atomic E-state index is 12.6. The Hall–Kier alpha value is -3.41. The van der Waals surface area contributed by atoms with Gasteiger partial charge in [-0.05, 0) is 36.2 Å². The van der Waals surface area contributed by atoms with Crippen LogP contribution in [0.3, 0.4) is 0 Å². The molecule has 0 saturated heterocycles. The van der Waals surface area contributed by atoms with Crippen LogP contribution in [0.15, 0.2) is 59.5 Å². The molecule has 2 aromatic carbocycles. The molecule has 6 heteroatoms. The molecule has 4 rings (SSSR count). The second-order valence-corrected chi connectivity index (χ2v) is 5.88. The van der Waals surface area contributed by atoms with Crippen LogP contribution in [0.25, 0.3) is 22.4 Å². The molecule has 0 amide bonds. The highest BCUT2D eigenvalue weighted by atomic mass is 16.5. The topological polar surface area (TPSA) is 81.0 Å². The molecule has 0 bridgehead atoms. The maximum Gasteiger partial charge on any atom is 0.247 e. The van der Waals surface area contributed by atoms with E-state index in [0.717, 1.165) is 22.9 Å². The number of benzene rings is 2. The first-order chi connectivity index (χ1) is 12.8. The van der Waals surface area contributed by atoms with Gasteiger partial charge in [-0.15, -0.1) is 10.2 Å². The second kappa shape index (κ2) is 6.84. The van der Waals surface area contributed by atoms with E-state index in [2.05, 4.69) is 28.2 Å². The highest BCUT2D eigenvalue weighted by Crippen LogP contribution is 2.24. The Morgan fingerprint density at radius 3 is 2.77 bits per heavy atom. The van der Waals surface area contributed by atoms with Crippen LogP contribution in [-0.2, 0) is 6.42 Å². The summed E-state index contributed by atoms with van der Waals surface area (Å²) < 4.78 is 10.8. The zero-order valence-corrected chi connectivity index (χ0v) is 14.2. The fourth-order valence-corrected chi connectivity index (χ4v) is 2.96. The lowest BCUT2D eigenvalue weighted by Crippen LogP contribution is -2.11. The minimum absolute atomic E-state index is 0.0246. The predicted octanol–water partition coefficient (Wildman–Crippen LogP) is 4.04. The number of fused-ring (bicyclic) bond motifs is 1. The number of hydrogen-bond donors (Lipinski definition) is 1. The number of nitrogens with one attached hydrogen (secondary N) is 1. The zero-order chi connectivity index (χ0) is 17.9. The molecule has 0 aliphatic carbocycles. The minimum Gasteiger partial charge on any atom is -0.485 e. The molecule has 130 valence electrons. The molecule has 6 nitrogen and oxygen atoms in total. The Balaban J connectivity index is 1.47. The Morgan fingerprint density at radius 1 is 1.19 bits per heavy atom. The molecule has 0 fully saturated rings. The van der Waals surface area contributed by atoms with Gasteiger partial charge >= 0.3 is 0 Å². The molecule has 0 aliphatic heterocycles. The summed E-state index contributed by atoms with van der Waals surface area (Å²) >= 11 is 0. The van der Waals surface area contributed by atoms with Gasteiger partial charge in [0.15, 0.2) is 6.61 Å². The van der Waals surface area contributed by atoms with Gasteiger partial charge in [-0.2, -0.15) is 0 Å². The minimum atomic E-state index is -0.0644. The zero-order valence-electron chi connectivity index (χ0n) is 14.2. The Labute approximate surface area is 149 Å². The average molecular weight is 347 g/mol. The molecular formula is C20H17N3O3. The van der Waals surface area contributed by atoms with Gasteiger partial charge < -0.3 is 14.1 Å². The van der Waals surface area contributed by atoms with E-state index in [1.54, 1.807) is 18.3 Å². The first-order valence-corrected chi connectivity index (χ1v) is 8.38. The molecule has 0 spiro atoms. The van der Waals surface area contributed by atoms with Crippen LogP contribution in [0.1, 0.15) is 22.8 Å². The van der Waals surface area contributed by atoms with E-state index in [9.17, 15) is 4.79 Å². The number of aryl methyl sites for hydroxylation is 1. The van der Waals surface area contributed by atoms with Gasteiger partial charge in [-0.1, -0.05) is 25.1 Å². The van der Waals surface area contributed by atoms with Crippen molar-refractivity contribution in [2.45, 2.75) is 13.3 Å². The van der Waals surface area contributed by atoms with Gasteiger partial charge in [0, 0.05) is 28.2 Å². The van der Waals surface area contributed by atoms with Crippen molar-refractivity contribution in [2.24, 2.45) is 0 Å². The molecule has 26 heavy (non-hydrogen) atoms. The molecule has 0 radical (unpaired) electrons. The quantitative estimate of drug-likeness (QED) is 0.532. The van der Waals surface area contributed by atoms with Gasteiger partial charge in [-0.3, -0.25) is 4.79 Å². The number of aromatic amines is 1. The van der Waals surface area contributed by atoms with Crippen LogP contribution in [0, 0.1) is 0 Å². The van der Waals surface area contributed by atoms with Crippen LogP contribution < -0.4 is 4.74 Å². The molecule has 4 aromatic rings. The monoisotopic (exact) mass is 347 g/mol. The third-order valence-electron chi connectivity index (χ3n) is 4.31. The van der Waals surface area contributed by atoms with Crippen molar-refractivity contribution in [3.63, 3.8) is 0 Å². The lowest BCUT2D eigenvalue weighted by molar-refractivity contribution is 0.0923. The van der Waals surface area contributed by atoms with Crippen LogP contribution >= 0.6 is 0 Å². The highest BCUT2D eigenvalue weighted by Gasteiger charge is 2.14. The van der Waals surface area contributed by atoms with E-state index in [1.807, 2.05) is 24.3 Å². The van der Waals surface area contributed by atoms with Crippen molar-refractivity contribution in [2.75, 3.05) is 6.61 Å². The highest BCUT2D eigenvalue weighted by molar-refractivity contribution is 6.09. The fraction of sp³-hybridized carbons (Fsp3) is 0.150. The average Bonchev–Trinajstić information content (AvgIpc) is 3.36. The lowest BCUT2D eigenvalue weighted by Gasteiger charge is -2.06. The third kappa shape index (κ3) is 2.97. The largest absolute Gasteiger partial charge is 0.485 e. The number of ketones is 1. The van der Waals surface area contributed by atoms with Gasteiger partial charge in [0.05, 0.1) is 0 Å². The van der Waals surface area contributed by atoms with Crippen LogP contribution in [0.5, 0.6) is 5.75 Å². The van der Waals surface area contributed by atoms with Crippen molar-refractivity contribution in [3.8, 4) is 17.2 Å². The van der Waals surface area contributed by atoms with Crippen molar-refractivity contribution in [3.05, 3.63) is 66.2 Å². The summed E-state index contributed by atoms with van der Waals surface area (Å²) in [6.45, 7) is 2.07. The number of Topliss-reactive ketones (excluding diaryl/α,β-unsaturated/α-hetero) is 1. The normalized spacial score (nSPS) is 11.0. The molecule has 2 heterocycles. The Kier molecular flexibility index (Phi) is 4.23. The number of rotatable bonds is 6. The number of aromatic nitrogens is 3. The number of H-pyrrole nitrogens is 1. The first-order valence-electron chi connectivity index (χ1n) is 8.38. The standard InChI is InChI=1S/C20H17N3O3/c1-2-13-4-3-5-16-17(10-21-19(13)16)18(24)11-25-15-8-6-14(7-9-15)20-23-22-12-26-20/h3-10,12,21H,2,11H2,1H3. The molecular weight excluding hydrogens is 330 g/mol. The smallest absolute Gasteiger partial charge is 0.247 e. The van der Waals surface area contributed by atoms with Gasteiger partial charge in [0.1, 0.15) is 5.75 Å². The SMILES string of the molecule is CCc1cccc2c(C(=O)COc3ccc(-c4nnco4)cc3)c[nH]c12. The van der Waals surface area contributed by atoms with Gasteiger partial charge in [-0.25, -0.2) is 0 Å². The summed E-state index contributed by atoms with van der Waals surface area (Å²) in [5.41, 5.74) is 3.66. The van der Waals surface area contributed by atoms with Crippen molar-refractivity contribution >= 4 is 16.7 Å². The summed E-state index contributed by atoms with van der Waals surface area (Å²) in [4.78, 5) is 15.8. The molecule has 1 N–H and O–H groups in total. The Morgan fingerprint density at radius 2 is 2.04 bits per heavy atom. The number of carbonyl (C=O) groups is 1. The Bertz CT molecular complexity index is 1030. The maximum absolute atomic E-state index is 12.6. The number of ether oxygens (including phenoxy) is 1. The third-order valence-corrected chi connectivity index (χ3v) is 4.31. The molecule has 0 atom stereocenters. The summed E-state index contributed by atoms with van der Waals surface area (Å²) in [7, 11) is 0. The fourth-order valence-electron chi connectivity index (χ4n) is 2.96. The van der Waals surface area contributed by atoms with Gasteiger partial charge in [0.2, 0.25) is 18.1 Å². The lowest BCUT2D eigenvalue weighted by atomic mass is 10.1. The molecule has 0 aliphatic rings. The number of nitrogens with zero attached hydrogens (tertiary/aromatic N) is 2. The van der Waals surface area contributed by atoms with E-state index >= 15 is 0 Å². The van der Waals surface area contributed by atoms with E-state index in [4.69, 9.17) is 9.15 Å². The van der Waals surface area contributed by atoms with Gasteiger partial charge in [0.25, 0.3) is 0 Å². The first kappa shape index (κ1) is 16.1. The van der Waals surface area contributed by atoms with E-state index in [-0.39, 0.29) is 12.4 Å². The van der Waals surface area contributed by atoms with E-state index in [0.29, 0.717) is 17.2 Å². The molecule has 0 saturated carbocycles. The van der Waals surface area contributed by atoms with Crippen LogP contribution in [0.4, 0.5) is 0 Å². The number of carbonyl (C=O) groups excluding carboxylic acids is 1. The van der Waals surface area contributed by atoms with Crippen LogP contribution in [-0.4, -0.2) is 27.6 Å². The summed E-state index contributed by atoms with van der Waals surface area (Å²) in [6, 6.07) is 13.2. The summed E-state index contributed by atoms with van der Waals surface area (Å²) in [6.07, 6.45) is 3.95. The number of hydrogen-bond acceptors (Lipinski definition) is 5. The van der Waals surface area contributed by atoms with Crippen LogP contribution in [0.2, 0.25) is 0 Å². The predicted molar refractivity (Wildman–Crippen MR) is 97.2 cm³/mol. The van der Waals surface area contributed by atoms with Crippen molar-refractivity contribution in [1.29, 1.82) is 0 Å². The summed E-state index contributed by atoms with van der Waals surface area (Å²) in [5.74, 6) is 0.985. The number of para-hydroxylation sites is 1. The van der Waals surface area contributed by atoms with Crippen molar-refractivity contribution < 1.29 is 13.9 Å². The van der Waals surface area contributed by atoms with E-state index in [1.165, 1.54) is 12.0 Å². The molecule has 0 unspecified atom stereocenters. The second-order valence-electron chi connectivity index (χ2n) is 5.88. The van der Waals surface area contributed by atoms with E-state index < -0.39 is 0 Å². The molecule has 2 aromatic heterocycles. The van der Waals surface area contributed by atoms with Crippen molar-refractivity contribution in [1.82, 2.24) is 15.2 Å².